The maximum Gasteiger partial charge on any atom is 0.348 e. The van der Waals surface area contributed by atoms with Gasteiger partial charge in [-0.25, -0.2) is 4.79 Å². The van der Waals surface area contributed by atoms with Crippen LogP contribution in [0.4, 0.5) is 0 Å². The summed E-state index contributed by atoms with van der Waals surface area (Å²) in [5.41, 5.74) is 0. The molecular formula is C16H31NO2. The van der Waals surface area contributed by atoms with Crippen LogP contribution in [-0.4, -0.2) is 25.3 Å². The van der Waals surface area contributed by atoms with Crippen LogP contribution < -0.4 is 0 Å². The number of rotatable bonds is 12. The number of aliphatic imine (C=N–C) groups is 1. The van der Waals surface area contributed by atoms with Crippen LogP contribution in [0.25, 0.3) is 0 Å². The lowest BCUT2D eigenvalue weighted by Crippen LogP contribution is -2.09. The molecule has 0 rings (SSSR count). The van der Waals surface area contributed by atoms with Crippen LogP contribution in [0, 0.1) is 5.92 Å². The third-order valence-corrected chi connectivity index (χ3v) is 3.28. The van der Waals surface area contributed by atoms with Gasteiger partial charge in [-0.3, -0.25) is 4.99 Å². The normalized spacial score (nSPS) is 11.4. The smallest absolute Gasteiger partial charge is 0.348 e. The van der Waals surface area contributed by atoms with Crippen LogP contribution in [0.15, 0.2) is 4.99 Å². The Labute approximate surface area is 118 Å². The van der Waals surface area contributed by atoms with Gasteiger partial charge in [0.2, 0.25) is 0 Å². The van der Waals surface area contributed by atoms with Crippen molar-refractivity contribution in [2.75, 3.05) is 13.2 Å². The van der Waals surface area contributed by atoms with Crippen molar-refractivity contribution in [3.63, 3.8) is 0 Å². The number of unbranched alkanes of at least 4 members (excludes halogenated alkanes) is 4. The van der Waals surface area contributed by atoms with Gasteiger partial charge in [0.25, 0.3) is 0 Å². The zero-order chi connectivity index (χ0) is 14.3. The van der Waals surface area contributed by atoms with E-state index in [2.05, 4.69) is 18.8 Å². The summed E-state index contributed by atoms with van der Waals surface area (Å²) in [7, 11) is 0. The monoisotopic (exact) mass is 269 g/mol. The van der Waals surface area contributed by atoms with Crippen LogP contribution in [0.2, 0.25) is 0 Å². The van der Waals surface area contributed by atoms with Gasteiger partial charge in [-0.15, -0.1) is 0 Å². The highest BCUT2D eigenvalue weighted by molar-refractivity contribution is 6.23. The quantitative estimate of drug-likeness (QED) is 0.299. The highest BCUT2D eigenvalue weighted by atomic mass is 16.5. The van der Waals surface area contributed by atoms with Crippen molar-refractivity contribution in [2.24, 2.45) is 10.9 Å². The van der Waals surface area contributed by atoms with Crippen LogP contribution in [-0.2, 0) is 9.53 Å². The van der Waals surface area contributed by atoms with Gasteiger partial charge in [-0.1, -0.05) is 52.4 Å². The largest absolute Gasteiger partial charge is 0.462 e. The summed E-state index contributed by atoms with van der Waals surface area (Å²) in [6, 6.07) is 0. The molecule has 0 heterocycles. The first-order chi connectivity index (χ1) is 9.24. The Hall–Kier alpha value is -0.860. The molecular weight excluding hydrogens is 238 g/mol. The first-order valence-corrected chi connectivity index (χ1v) is 7.91. The van der Waals surface area contributed by atoms with E-state index in [0.29, 0.717) is 12.5 Å². The van der Waals surface area contributed by atoms with E-state index in [1.807, 2.05) is 6.92 Å². The lowest BCUT2D eigenvalue weighted by atomic mass is 9.95. The van der Waals surface area contributed by atoms with Crippen LogP contribution >= 0.6 is 0 Å². The molecule has 0 saturated heterocycles. The average molecular weight is 269 g/mol. The Morgan fingerprint density at radius 1 is 1.05 bits per heavy atom. The molecule has 0 aliphatic heterocycles. The highest BCUT2D eigenvalue weighted by Gasteiger charge is 2.07. The second kappa shape index (κ2) is 13.6. The molecule has 0 saturated carbocycles. The predicted octanol–water partition coefficient (Wildman–Crippen LogP) is 4.40. The standard InChI is InChI=1S/C16H31NO2/c1-4-7-9-11-15(12-10-8-5-2)13-17-14-16(18)19-6-3/h14-15H,4-13H2,1-3H3/b17-14+. The summed E-state index contributed by atoms with van der Waals surface area (Å²) in [6.45, 7) is 7.45. The van der Waals surface area contributed by atoms with Crippen molar-refractivity contribution in [1.29, 1.82) is 0 Å². The molecule has 0 fully saturated rings. The van der Waals surface area contributed by atoms with Gasteiger partial charge in [-0.05, 0) is 25.7 Å². The Balaban J connectivity index is 3.97. The highest BCUT2D eigenvalue weighted by Crippen LogP contribution is 2.17. The summed E-state index contributed by atoms with van der Waals surface area (Å²) in [5.74, 6) is 0.312. The number of hydrogen-bond donors (Lipinski definition) is 0. The van der Waals surface area contributed by atoms with Crippen molar-refractivity contribution in [3.05, 3.63) is 0 Å². The third kappa shape index (κ3) is 11.9. The van der Waals surface area contributed by atoms with E-state index in [9.17, 15) is 4.79 Å². The molecule has 0 bridgehead atoms. The number of nitrogens with zero attached hydrogens (tertiary/aromatic N) is 1. The maximum absolute atomic E-state index is 11.2. The molecule has 0 amide bonds. The molecule has 0 aromatic carbocycles. The van der Waals surface area contributed by atoms with Gasteiger partial charge in [0.15, 0.2) is 0 Å². The fourth-order valence-corrected chi connectivity index (χ4v) is 2.15. The maximum atomic E-state index is 11.2. The van der Waals surface area contributed by atoms with Crippen LogP contribution in [0.1, 0.15) is 72.1 Å². The van der Waals surface area contributed by atoms with Gasteiger partial charge in [0.1, 0.15) is 6.21 Å². The fourth-order valence-electron chi connectivity index (χ4n) is 2.15. The van der Waals surface area contributed by atoms with Gasteiger partial charge in [0.05, 0.1) is 6.61 Å². The second-order valence-electron chi connectivity index (χ2n) is 5.10. The molecule has 3 nitrogen and oxygen atoms in total. The van der Waals surface area contributed by atoms with Crippen molar-refractivity contribution in [3.8, 4) is 0 Å². The molecule has 19 heavy (non-hydrogen) atoms. The minimum Gasteiger partial charge on any atom is -0.462 e. The summed E-state index contributed by atoms with van der Waals surface area (Å²) < 4.78 is 4.83. The van der Waals surface area contributed by atoms with Crippen LogP contribution in [0.5, 0.6) is 0 Å². The molecule has 0 atom stereocenters. The van der Waals surface area contributed by atoms with E-state index < -0.39 is 0 Å². The van der Waals surface area contributed by atoms with Gasteiger partial charge in [0, 0.05) is 6.54 Å². The Morgan fingerprint density at radius 2 is 1.63 bits per heavy atom. The summed E-state index contributed by atoms with van der Waals surface area (Å²) in [6.07, 6.45) is 11.5. The average Bonchev–Trinajstić information content (AvgIpc) is 2.39. The van der Waals surface area contributed by atoms with Crippen molar-refractivity contribution in [2.45, 2.75) is 72.1 Å². The van der Waals surface area contributed by atoms with Crippen molar-refractivity contribution in [1.82, 2.24) is 0 Å². The zero-order valence-electron chi connectivity index (χ0n) is 13.0. The SMILES string of the molecule is CCCCCC(CCCCC)C/N=C/C(=O)OCC. The van der Waals surface area contributed by atoms with E-state index in [4.69, 9.17) is 4.74 Å². The lowest BCUT2D eigenvalue weighted by molar-refractivity contribution is -0.134. The zero-order valence-corrected chi connectivity index (χ0v) is 13.0. The molecule has 0 aromatic rings. The van der Waals surface area contributed by atoms with E-state index in [0.717, 1.165) is 6.54 Å². The fraction of sp³-hybridized carbons (Fsp3) is 0.875. The molecule has 0 unspecified atom stereocenters. The molecule has 0 spiro atoms. The minimum absolute atomic E-state index is 0.316. The summed E-state index contributed by atoms with van der Waals surface area (Å²) in [4.78, 5) is 15.4. The summed E-state index contributed by atoms with van der Waals surface area (Å²) in [5, 5.41) is 0. The Bertz CT molecular complexity index is 229. The van der Waals surface area contributed by atoms with Crippen molar-refractivity contribution < 1.29 is 9.53 Å². The Kier molecular flexibility index (Phi) is 13.0. The van der Waals surface area contributed by atoms with Gasteiger partial charge < -0.3 is 4.74 Å². The molecule has 3 heteroatoms. The van der Waals surface area contributed by atoms with Crippen molar-refractivity contribution >= 4 is 12.2 Å². The first kappa shape index (κ1) is 18.1. The number of ether oxygens (including phenoxy) is 1. The number of carbonyl (C=O) groups is 1. The van der Waals surface area contributed by atoms with E-state index in [1.54, 1.807) is 0 Å². The third-order valence-electron chi connectivity index (χ3n) is 3.28. The molecule has 0 N–H and O–H groups in total. The molecule has 0 aliphatic carbocycles. The lowest BCUT2D eigenvalue weighted by Gasteiger charge is -2.14. The van der Waals surface area contributed by atoms with Gasteiger partial charge in [-0.2, -0.15) is 0 Å². The molecule has 0 aliphatic rings. The minimum atomic E-state index is -0.316. The van der Waals surface area contributed by atoms with E-state index >= 15 is 0 Å². The predicted molar refractivity (Wildman–Crippen MR) is 81.8 cm³/mol. The number of carbonyl (C=O) groups excluding carboxylic acids is 1. The number of esters is 1. The van der Waals surface area contributed by atoms with Crippen LogP contribution in [0.3, 0.4) is 0 Å². The first-order valence-electron chi connectivity index (χ1n) is 7.91. The summed E-state index contributed by atoms with van der Waals surface area (Å²) >= 11 is 0. The second-order valence-corrected chi connectivity index (χ2v) is 5.10. The van der Waals surface area contributed by atoms with E-state index in [-0.39, 0.29) is 5.97 Å². The topological polar surface area (TPSA) is 38.7 Å². The molecule has 0 radical (unpaired) electrons. The number of hydrogen-bond acceptors (Lipinski definition) is 3. The molecule has 0 aromatic heterocycles. The van der Waals surface area contributed by atoms with E-state index in [1.165, 1.54) is 57.6 Å². The Morgan fingerprint density at radius 3 is 2.11 bits per heavy atom. The molecule has 112 valence electrons. The van der Waals surface area contributed by atoms with Gasteiger partial charge >= 0.3 is 5.97 Å².